The number of nitrogens with two attached hydrogens (primary N) is 1. The van der Waals surface area contributed by atoms with Crippen molar-refractivity contribution in [2.75, 3.05) is 6.54 Å². The number of alkyl halides is 1. The van der Waals surface area contributed by atoms with Gasteiger partial charge in [-0.3, -0.25) is 0 Å². The van der Waals surface area contributed by atoms with Gasteiger partial charge in [0.1, 0.15) is 0 Å². The molecule has 1 aliphatic carbocycles. The highest BCUT2D eigenvalue weighted by Crippen LogP contribution is 2.47. The summed E-state index contributed by atoms with van der Waals surface area (Å²) in [7, 11) is 0. The van der Waals surface area contributed by atoms with Crippen LogP contribution in [0.25, 0.3) is 0 Å². The van der Waals surface area contributed by atoms with Gasteiger partial charge in [-0.15, -0.1) is 0 Å². The zero-order valence-corrected chi connectivity index (χ0v) is 9.88. The average Bonchev–Trinajstić information content (AvgIpc) is 3.14. The highest BCUT2D eigenvalue weighted by Gasteiger charge is 2.46. The molecule has 1 nitrogen and oxygen atoms in total. The van der Waals surface area contributed by atoms with Crippen molar-refractivity contribution in [3.05, 3.63) is 35.4 Å². The summed E-state index contributed by atoms with van der Waals surface area (Å²) < 4.78 is 14.6. The summed E-state index contributed by atoms with van der Waals surface area (Å²) in [6.45, 7) is 2.25. The lowest BCUT2D eigenvalue weighted by molar-refractivity contribution is 0.143. The molecule has 0 radical (unpaired) electrons. The fourth-order valence-corrected chi connectivity index (χ4v) is 2.30. The molecule has 1 aliphatic rings. The van der Waals surface area contributed by atoms with Crippen molar-refractivity contribution in [2.24, 2.45) is 11.7 Å². The molecule has 0 heterocycles. The van der Waals surface area contributed by atoms with Crippen LogP contribution >= 0.6 is 0 Å². The van der Waals surface area contributed by atoms with Gasteiger partial charge in [0, 0.05) is 6.54 Å². The third kappa shape index (κ3) is 2.12. The fourth-order valence-electron chi connectivity index (χ4n) is 2.30. The Hall–Kier alpha value is -0.890. The zero-order valence-electron chi connectivity index (χ0n) is 9.88. The second-order valence-corrected chi connectivity index (χ2v) is 4.79. The van der Waals surface area contributed by atoms with Gasteiger partial charge in [-0.05, 0) is 36.3 Å². The van der Waals surface area contributed by atoms with Crippen molar-refractivity contribution in [1.82, 2.24) is 0 Å². The largest absolute Gasteiger partial charge is 0.327 e. The molecule has 2 rings (SSSR count). The van der Waals surface area contributed by atoms with Crippen LogP contribution in [0.4, 0.5) is 4.39 Å². The standard InChI is InChI=1S/C14H20FN/c1-2-3-11-4-6-12(7-5-11)14(15,10-16)13-8-9-13/h4-7,13H,2-3,8-10,16H2,1H3. The van der Waals surface area contributed by atoms with Crippen LogP contribution in [-0.4, -0.2) is 6.54 Å². The van der Waals surface area contributed by atoms with Crippen molar-refractivity contribution < 1.29 is 4.39 Å². The van der Waals surface area contributed by atoms with Gasteiger partial charge in [-0.2, -0.15) is 0 Å². The molecule has 0 aliphatic heterocycles. The molecule has 1 atom stereocenters. The molecular weight excluding hydrogens is 201 g/mol. The van der Waals surface area contributed by atoms with E-state index in [-0.39, 0.29) is 12.5 Å². The molecule has 1 aromatic carbocycles. The molecule has 0 saturated heterocycles. The van der Waals surface area contributed by atoms with E-state index in [1.165, 1.54) is 5.56 Å². The summed E-state index contributed by atoms with van der Waals surface area (Å²) in [5.41, 5.74) is 6.36. The maximum Gasteiger partial charge on any atom is 0.150 e. The van der Waals surface area contributed by atoms with Crippen LogP contribution in [0.1, 0.15) is 37.3 Å². The maximum absolute atomic E-state index is 14.6. The van der Waals surface area contributed by atoms with Crippen LogP contribution in [0, 0.1) is 5.92 Å². The number of aryl methyl sites for hydroxylation is 1. The average molecular weight is 221 g/mol. The Morgan fingerprint density at radius 2 is 1.94 bits per heavy atom. The second kappa shape index (κ2) is 4.54. The Morgan fingerprint density at radius 1 is 1.31 bits per heavy atom. The van der Waals surface area contributed by atoms with Gasteiger partial charge in [0.25, 0.3) is 0 Å². The topological polar surface area (TPSA) is 26.0 Å². The van der Waals surface area contributed by atoms with Crippen LogP contribution in [0.15, 0.2) is 24.3 Å². The summed E-state index contributed by atoms with van der Waals surface area (Å²) in [5, 5.41) is 0. The van der Waals surface area contributed by atoms with Crippen LogP contribution in [0.5, 0.6) is 0 Å². The van der Waals surface area contributed by atoms with Gasteiger partial charge in [0.15, 0.2) is 5.67 Å². The summed E-state index contributed by atoms with van der Waals surface area (Å²) in [4.78, 5) is 0. The smallest absolute Gasteiger partial charge is 0.150 e. The number of benzene rings is 1. The predicted molar refractivity (Wildman–Crippen MR) is 65.0 cm³/mol. The molecule has 0 spiro atoms. The van der Waals surface area contributed by atoms with Gasteiger partial charge >= 0.3 is 0 Å². The van der Waals surface area contributed by atoms with E-state index in [1.54, 1.807) is 0 Å². The van der Waals surface area contributed by atoms with Crippen molar-refractivity contribution in [2.45, 2.75) is 38.3 Å². The molecule has 1 unspecified atom stereocenters. The molecule has 1 saturated carbocycles. The molecule has 0 aromatic heterocycles. The normalized spacial score (nSPS) is 19.4. The van der Waals surface area contributed by atoms with Crippen molar-refractivity contribution in [3.8, 4) is 0 Å². The number of rotatable bonds is 5. The Kier molecular flexibility index (Phi) is 3.29. The Labute approximate surface area is 96.9 Å². The number of halogens is 1. The number of hydrogen-bond acceptors (Lipinski definition) is 1. The Morgan fingerprint density at radius 3 is 2.38 bits per heavy atom. The molecule has 2 heteroatoms. The van der Waals surface area contributed by atoms with Gasteiger partial charge in [0.2, 0.25) is 0 Å². The predicted octanol–water partition coefficient (Wildman–Crippen LogP) is 3.17. The Bertz CT molecular complexity index is 342. The summed E-state index contributed by atoms with van der Waals surface area (Å²) in [6.07, 6.45) is 4.14. The van der Waals surface area contributed by atoms with Gasteiger partial charge in [-0.25, -0.2) is 4.39 Å². The third-order valence-corrected chi connectivity index (χ3v) is 3.49. The first-order valence-electron chi connectivity index (χ1n) is 6.19. The summed E-state index contributed by atoms with van der Waals surface area (Å²) in [5.74, 6) is 0.148. The van der Waals surface area contributed by atoms with Crippen molar-refractivity contribution in [1.29, 1.82) is 0 Å². The first-order chi connectivity index (χ1) is 7.70. The van der Waals surface area contributed by atoms with Crippen LogP contribution < -0.4 is 5.73 Å². The monoisotopic (exact) mass is 221 g/mol. The van der Waals surface area contributed by atoms with E-state index in [4.69, 9.17) is 5.73 Å². The van der Waals surface area contributed by atoms with Crippen molar-refractivity contribution >= 4 is 0 Å². The molecule has 88 valence electrons. The van der Waals surface area contributed by atoms with E-state index in [0.717, 1.165) is 31.2 Å². The van der Waals surface area contributed by atoms with E-state index in [1.807, 2.05) is 24.3 Å². The van der Waals surface area contributed by atoms with Crippen molar-refractivity contribution in [3.63, 3.8) is 0 Å². The third-order valence-electron chi connectivity index (χ3n) is 3.49. The lowest BCUT2D eigenvalue weighted by Crippen LogP contribution is -2.32. The maximum atomic E-state index is 14.6. The van der Waals surface area contributed by atoms with E-state index in [2.05, 4.69) is 6.92 Å². The lowest BCUT2D eigenvalue weighted by atomic mass is 9.90. The van der Waals surface area contributed by atoms with Gasteiger partial charge in [-0.1, -0.05) is 37.6 Å². The van der Waals surface area contributed by atoms with Gasteiger partial charge < -0.3 is 5.73 Å². The van der Waals surface area contributed by atoms with E-state index in [0.29, 0.717) is 0 Å². The van der Waals surface area contributed by atoms with E-state index in [9.17, 15) is 4.39 Å². The van der Waals surface area contributed by atoms with Gasteiger partial charge in [0.05, 0.1) is 0 Å². The minimum Gasteiger partial charge on any atom is -0.327 e. The molecule has 16 heavy (non-hydrogen) atoms. The first kappa shape index (κ1) is 11.6. The highest BCUT2D eigenvalue weighted by atomic mass is 19.1. The molecule has 0 amide bonds. The summed E-state index contributed by atoms with van der Waals surface area (Å²) >= 11 is 0. The van der Waals surface area contributed by atoms with E-state index < -0.39 is 5.67 Å². The fraction of sp³-hybridized carbons (Fsp3) is 0.571. The quantitative estimate of drug-likeness (QED) is 0.812. The van der Waals surface area contributed by atoms with Crippen LogP contribution in [0.3, 0.4) is 0 Å². The van der Waals surface area contributed by atoms with Crippen LogP contribution in [0.2, 0.25) is 0 Å². The first-order valence-corrected chi connectivity index (χ1v) is 6.19. The minimum absolute atomic E-state index is 0.102. The minimum atomic E-state index is -1.29. The zero-order chi connectivity index (χ0) is 11.6. The molecule has 0 bridgehead atoms. The van der Waals surface area contributed by atoms with Crippen LogP contribution in [-0.2, 0) is 12.1 Å². The Balaban J connectivity index is 2.19. The number of hydrogen-bond donors (Lipinski definition) is 1. The summed E-state index contributed by atoms with van der Waals surface area (Å²) in [6, 6.07) is 7.89. The lowest BCUT2D eigenvalue weighted by Gasteiger charge is -2.24. The highest BCUT2D eigenvalue weighted by molar-refractivity contribution is 5.29. The van der Waals surface area contributed by atoms with E-state index >= 15 is 0 Å². The SMILES string of the molecule is CCCc1ccc(C(F)(CN)C2CC2)cc1. The second-order valence-electron chi connectivity index (χ2n) is 4.79. The molecule has 1 aromatic rings. The molecule has 1 fully saturated rings. The molecule has 2 N–H and O–H groups in total. The molecular formula is C14H20FN.